The molecule has 0 aromatic carbocycles. The van der Waals surface area contributed by atoms with Crippen molar-refractivity contribution in [1.82, 2.24) is 0 Å². The van der Waals surface area contributed by atoms with Gasteiger partial charge in [0.05, 0.1) is 3.79 Å². The van der Waals surface area contributed by atoms with E-state index in [2.05, 4.69) is 28.9 Å². The summed E-state index contributed by atoms with van der Waals surface area (Å²) in [5.41, 5.74) is 12.8. The van der Waals surface area contributed by atoms with E-state index in [1.165, 1.54) is 14.2 Å². The number of nitrogens with two attached hydrogens (primary N) is 2. The summed E-state index contributed by atoms with van der Waals surface area (Å²) in [4.78, 5) is 1.27. The number of hydrogen-bond donors (Lipinski definition) is 2. The topological polar surface area (TPSA) is 52.0 Å². The predicted molar refractivity (Wildman–Crippen MR) is 66.6 cm³/mol. The van der Waals surface area contributed by atoms with Gasteiger partial charge < -0.3 is 11.5 Å². The van der Waals surface area contributed by atoms with Gasteiger partial charge in [0.25, 0.3) is 0 Å². The molecule has 1 aromatic heterocycles. The van der Waals surface area contributed by atoms with E-state index in [9.17, 15) is 0 Å². The first-order valence-electron chi connectivity index (χ1n) is 4.86. The minimum absolute atomic E-state index is 0.177. The lowest BCUT2D eigenvalue weighted by molar-refractivity contribution is 0.598. The lowest BCUT2D eigenvalue weighted by atomic mass is 10.1. The molecule has 4 N–H and O–H groups in total. The van der Waals surface area contributed by atoms with Gasteiger partial charge in [0.1, 0.15) is 0 Å². The molecule has 0 aliphatic rings. The number of rotatable bonds is 5. The second-order valence-corrected chi connectivity index (χ2v) is 5.90. The molecule has 0 aliphatic heterocycles. The highest BCUT2D eigenvalue weighted by atomic mass is 79.9. The number of hydrogen-bond acceptors (Lipinski definition) is 3. The molecule has 0 saturated heterocycles. The number of aryl methyl sites for hydroxylation is 1. The monoisotopic (exact) mass is 276 g/mol. The lowest BCUT2D eigenvalue weighted by Gasteiger charge is -2.07. The molecule has 4 heteroatoms. The molecule has 0 spiro atoms. The molecule has 2 nitrogen and oxygen atoms in total. The Hall–Kier alpha value is 0.100. The van der Waals surface area contributed by atoms with Gasteiger partial charge in [-0.2, -0.15) is 0 Å². The standard InChI is InChI=1S/C10H17BrN2S/c1-7-6-9(14-10(7)11)8(13)4-2-3-5-12/h6,8H,2-5,12-13H2,1H3/t8-/m0/s1. The van der Waals surface area contributed by atoms with Crippen LogP contribution in [0.4, 0.5) is 0 Å². The van der Waals surface area contributed by atoms with E-state index in [4.69, 9.17) is 11.5 Å². The minimum Gasteiger partial charge on any atom is -0.330 e. The van der Waals surface area contributed by atoms with Crippen molar-refractivity contribution in [2.24, 2.45) is 11.5 Å². The summed E-state index contributed by atoms with van der Waals surface area (Å²) in [6, 6.07) is 2.35. The summed E-state index contributed by atoms with van der Waals surface area (Å²) in [5, 5.41) is 0. The average Bonchev–Trinajstić information content (AvgIpc) is 2.47. The highest BCUT2D eigenvalue weighted by Gasteiger charge is 2.10. The molecule has 14 heavy (non-hydrogen) atoms. The Morgan fingerprint density at radius 3 is 2.71 bits per heavy atom. The van der Waals surface area contributed by atoms with Crippen LogP contribution in [-0.4, -0.2) is 6.54 Å². The summed E-state index contributed by atoms with van der Waals surface area (Å²) in [7, 11) is 0. The van der Waals surface area contributed by atoms with Crippen LogP contribution in [0.25, 0.3) is 0 Å². The molecular weight excluding hydrogens is 260 g/mol. The third kappa shape index (κ3) is 3.35. The van der Waals surface area contributed by atoms with Gasteiger partial charge in [0, 0.05) is 10.9 Å². The Kier molecular flexibility index (Phi) is 5.09. The largest absolute Gasteiger partial charge is 0.330 e. The number of thiophene rings is 1. The van der Waals surface area contributed by atoms with Gasteiger partial charge in [-0.3, -0.25) is 0 Å². The third-order valence-electron chi connectivity index (χ3n) is 2.21. The first kappa shape index (κ1) is 12.2. The number of halogens is 1. The van der Waals surface area contributed by atoms with Crippen molar-refractivity contribution in [2.75, 3.05) is 6.54 Å². The fourth-order valence-electron chi connectivity index (χ4n) is 1.32. The van der Waals surface area contributed by atoms with Gasteiger partial charge in [-0.05, 0) is 53.9 Å². The van der Waals surface area contributed by atoms with E-state index >= 15 is 0 Å². The first-order chi connectivity index (χ1) is 6.65. The molecule has 0 saturated carbocycles. The maximum absolute atomic E-state index is 6.07. The Balaban J connectivity index is 2.47. The molecule has 80 valence electrons. The smallest absolute Gasteiger partial charge is 0.0731 e. The zero-order valence-electron chi connectivity index (χ0n) is 8.42. The van der Waals surface area contributed by atoms with Gasteiger partial charge in [0.2, 0.25) is 0 Å². The fourth-order valence-corrected chi connectivity index (χ4v) is 2.92. The summed E-state index contributed by atoms with van der Waals surface area (Å²) in [6.07, 6.45) is 3.22. The van der Waals surface area contributed by atoms with Crippen LogP contribution in [0.5, 0.6) is 0 Å². The zero-order chi connectivity index (χ0) is 10.6. The first-order valence-corrected chi connectivity index (χ1v) is 6.47. The van der Waals surface area contributed by atoms with E-state index < -0.39 is 0 Å². The highest BCUT2D eigenvalue weighted by Crippen LogP contribution is 2.32. The molecule has 0 aliphatic carbocycles. The highest BCUT2D eigenvalue weighted by molar-refractivity contribution is 9.11. The molecule has 0 amide bonds. The molecule has 1 rings (SSSR count). The second-order valence-electron chi connectivity index (χ2n) is 3.50. The summed E-state index contributed by atoms with van der Waals surface area (Å²) >= 11 is 5.25. The van der Waals surface area contributed by atoms with Gasteiger partial charge in [-0.25, -0.2) is 0 Å². The van der Waals surface area contributed by atoms with Crippen LogP contribution in [-0.2, 0) is 0 Å². The molecular formula is C10H17BrN2S. The lowest BCUT2D eigenvalue weighted by Crippen LogP contribution is -2.09. The van der Waals surface area contributed by atoms with Crippen LogP contribution >= 0.6 is 27.3 Å². The van der Waals surface area contributed by atoms with Crippen LogP contribution in [0.15, 0.2) is 9.85 Å². The van der Waals surface area contributed by atoms with Crippen molar-refractivity contribution < 1.29 is 0 Å². The average molecular weight is 277 g/mol. The molecule has 1 heterocycles. The molecule has 1 atom stereocenters. The quantitative estimate of drug-likeness (QED) is 0.813. The van der Waals surface area contributed by atoms with E-state index in [0.29, 0.717) is 0 Å². The molecule has 1 aromatic rings. The predicted octanol–water partition coefficient (Wildman–Crippen LogP) is 2.95. The van der Waals surface area contributed by atoms with E-state index in [1.807, 2.05) is 0 Å². The Morgan fingerprint density at radius 2 is 2.21 bits per heavy atom. The van der Waals surface area contributed by atoms with Gasteiger partial charge in [0.15, 0.2) is 0 Å². The van der Waals surface area contributed by atoms with Crippen LogP contribution in [0.1, 0.15) is 35.7 Å². The summed E-state index contributed by atoms with van der Waals surface area (Å²) < 4.78 is 1.20. The Morgan fingerprint density at radius 1 is 1.50 bits per heavy atom. The van der Waals surface area contributed by atoms with Crippen LogP contribution < -0.4 is 11.5 Å². The van der Waals surface area contributed by atoms with Crippen LogP contribution in [0.2, 0.25) is 0 Å². The Bertz CT molecular complexity index is 266. The summed E-state index contributed by atoms with van der Waals surface area (Å²) in [6.45, 7) is 2.86. The third-order valence-corrected chi connectivity index (χ3v) is 4.48. The molecule has 0 fully saturated rings. The van der Waals surface area contributed by atoms with Crippen molar-refractivity contribution in [1.29, 1.82) is 0 Å². The number of unbranched alkanes of at least 4 members (excludes halogenated alkanes) is 1. The van der Waals surface area contributed by atoms with Crippen molar-refractivity contribution in [3.63, 3.8) is 0 Å². The van der Waals surface area contributed by atoms with Crippen molar-refractivity contribution >= 4 is 27.3 Å². The maximum atomic E-state index is 6.07. The van der Waals surface area contributed by atoms with E-state index in [0.717, 1.165) is 25.8 Å². The van der Waals surface area contributed by atoms with Crippen molar-refractivity contribution in [3.05, 3.63) is 20.3 Å². The van der Waals surface area contributed by atoms with E-state index in [1.54, 1.807) is 11.3 Å². The summed E-state index contributed by atoms with van der Waals surface area (Å²) in [5.74, 6) is 0. The van der Waals surface area contributed by atoms with Crippen LogP contribution in [0, 0.1) is 6.92 Å². The fraction of sp³-hybridized carbons (Fsp3) is 0.600. The molecule has 0 bridgehead atoms. The zero-order valence-corrected chi connectivity index (χ0v) is 10.8. The van der Waals surface area contributed by atoms with Gasteiger partial charge in [-0.1, -0.05) is 6.42 Å². The maximum Gasteiger partial charge on any atom is 0.0731 e. The normalized spacial score (nSPS) is 13.1. The SMILES string of the molecule is Cc1cc([C@@H](N)CCCCN)sc1Br. The van der Waals surface area contributed by atoms with Gasteiger partial charge in [-0.15, -0.1) is 11.3 Å². The molecule has 0 radical (unpaired) electrons. The molecule has 0 unspecified atom stereocenters. The van der Waals surface area contributed by atoms with Crippen LogP contribution in [0.3, 0.4) is 0 Å². The van der Waals surface area contributed by atoms with Gasteiger partial charge >= 0.3 is 0 Å². The van der Waals surface area contributed by atoms with Crippen molar-refractivity contribution in [2.45, 2.75) is 32.2 Å². The Labute approximate surface area is 97.8 Å². The van der Waals surface area contributed by atoms with E-state index in [-0.39, 0.29) is 6.04 Å². The minimum atomic E-state index is 0.177. The second kappa shape index (κ2) is 5.85. The van der Waals surface area contributed by atoms with Crippen molar-refractivity contribution in [3.8, 4) is 0 Å².